The molecule has 1 rings (SSSR count). The minimum atomic E-state index is -4.26. The zero-order valence-electron chi connectivity index (χ0n) is 7.18. The van der Waals surface area contributed by atoms with Crippen LogP contribution >= 0.6 is 15.9 Å². The Balaban J connectivity index is 2.90. The standard InChI is InChI=1S/C10H8BrF3/c11-6-2-4-8-3-1-5-9(7-8)10(12,13)14/h1-3,5-7H,4H2. The molecule has 0 N–H and O–H groups in total. The highest BCUT2D eigenvalue weighted by molar-refractivity contribution is 9.11. The fourth-order valence-corrected chi connectivity index (χ4v) is 1.24. The molecule has 0 aliphatic heterocycles. The summed E-state index contributed by atoms with van der Waals surface area (Å²) in [4.78, 5) is 1.63. The first-order valence-electron chi connectivity index (χ1n) is 3.95. The van der Waals surface area contributed by atoms with Crippen LogP contribution in [-0.4, -0.2) is 0 Å². The van der Waals surface area contributed by atoms with Crippen LogP contribution in [0.1, 0.15) is 11.1 Å². The first kappa shape index (κ1) is 11.3. The highest BCUT2D eigenvalue weighted by Crippen LogP contribution is 2.29. The van der Waals surface area contributed by atoms with Gasteiger partial charge in [-0.25, -0.2) is 0 Å². The summed E-state index contributed by atoms with van der Waals surface area (Å²) in [5, 5.41) is 0. The smallest absolute Gasteiger partial charge is 0.166 e. The quantitative estimate of drug-likeness (QED) is 0.753. The topological polar surface area (TPSA) is 0 Å². The molecule has 0 aliphatic rings. The average molecular weight is 265 g/mol. The molecule has 76 valence electrons. The van der Waals surface area contributed by atoms with Gasteiger partial charge in [0.05, 0.1) is 5.56 Å². The summed E-state index contributed by atoms with van der Waals surface area (Å²) in [5.74, 6) is 0. The second-order valence-corrected chi connectivity index (χ2v) is 3.29. The third-order valence-corrected chi connectivity index (χ3v) is 2.07. The SMILES string of the molecule is FC(F)(F)c1cccc(CC=CBr)c1. The van der Waals surface area contributed by atoms with E-state index in [1.54, 1.807) is 17.1 Å². The summed E-state index contributed by atoms with van der Waals surface area (Å²) in [6.07, 6.45) is -2.02. The number of alkyl halides is 3. The van der Waals surface area contributed by atoms with Crippen LogP contribution in [0.3, 0.4) is 0 Å². The molecule has 0 amide bonds. The minimum Gasteiger partial charge on any atom is -0.166 e. The van der Waals surface area contributed by atoms with Crippen LogP contribution < -0.4 is 0 Å². The highest BCUT2D eigenvalue weighted by Gasteiger charge is 2.30. The van der Waals surface area contributed by atoms with Crippen molar-refractivity contribution in [3.8, 4) is 0 Å². The summed E-state index contributed by atoms with van der Waals surface area (Å²) >= 11 is 3.06. The maximum absolute atomic E-state index is 12.3. The summed E-state index contributed by atoms with van der Waals surface area (Å²) in [7, 11) is 0. The molecule has 0 heterocycles. The first-order chi connectivity index (χ1) is 6.54. The zero-order chi connectivity index (χ0) is 10.6. The van der Waals surface area contributed by atoms with E-state index in [9.17, 15) is 13.2 Å². The first-order valence-corrected chi connectivity index (χ1v) is 4.87. The van der Waals surface area contributed by atoms with Crippen molar-refractivity contribution in [2.75, 3.05) is 0 Å². The van der Waals surface area contributed by atoms with Gasteiger partial charge >= 0.3 is 6.18 Å². The zero-order valence-corrected chi connectivity index (χ0v) is 8.77. The van der Waals surface area contributed by atoms with Crippen LogP contribution in [-0.2, 0) is 12.6 Å². The Morgan fingerprint density at radius 2 is 2.00 bits per heavy atom. The van der Waals surface area contributed by atoms with Crippen molar-refractivity contribution in [3.63, 3.8) is 0 Å². The lowest BCUT2D eigenvalue weighted by atomic mass is 10.1. The highest BCUT2D eigenvalue weighted by atomic mass is 79.9. The van der Waals surface area contributed by atoms with Crippen molar-refractivity contribution < 1.29 is 13.2 Å². The molecule has 0 bridgehead atoms. The summed E-state index contributed by atoms with van der Waals surface area (Å²) in [6.45, 7) is 0. The molecule has 0 nitrogen and oxygen atoms in total. The molecular formula is C10H8BrF3. The van der Waals surface area contributed by atoms with E-state index < -0.39 is 11.7 Å². The van der Waals surface area contributed by atoms with E-state index in [1.165, 1.54) is 6.07 Å². The normalized spacial score (nSPS) is 12.3. The Kier molecular flexibility index (Phi) is 3.75. The molecule has 1 aromatic carbocycles. The van der Waals surface area contributed by atoms with Crippen molar-refractivity contribution in [2.24, 2.45) is 0 Å². The van der Waals surface area contributed by atoms with Gasteiger partial charge in [-0.1, -0.05) is 40.2 Å². The van der Waals surface area contributed by atoms with Crippen molar-refractivity contribution >= 4 is 15.9 Å². The fourth-order valence-electron chi connectivity index (χ4n) is 1.06. The number of rotatable bonds is 2. The molecule has 0 radical (unpaired) electrons. The van der Waals surface area contributed by atoms with E-state index in [0.29, 0.717) is 12.0 Å². The van der Waals surface area contributed by atoms with Crippen LogP contribution in [0.5, 0.6) is 0 Å². The molecule has 0 saturated carbocycles. The monoisotopic (exact) mass is 264 g/mol. The van der Waals surface area contributed by atoms with Crippen molar-refractivity contribution in [1.29, 1.82) is 0 Å². The van der Waals surface area contributed by atoms with Crippen LogP contribution in [0.15, 0.2) is 35.3 Å². The molecule has 0 unspecified atom stereocenters. The largest absolute Gasteiger partial charge is 0.416 e. The van der Waals surface area contributed by atoms with Crippen LogP contribution in [0.4, 0.5) is 13.2 Å². The Morgan fingerprint density at radius 1 is 1.29 bits per heavy atom. The van der Waals surface area contributed by atoms with Gasteiger partial charge in [0, 0.05) is 0 Å². The van der Waals surface area contributed by atoms with Crippen molar-refractivity contribution in [1.82, 2.24) is 0 Å². The number of hydrogen-bond acceptors (Lipinski definition) is 0. The molecule has 0 fully saturated rings. The van der Waals surface area contributed by atoms with Gasteiger partial charge in [-0.2, -0.15) is 13.2 Å². The molecule has 0 aromatic heterocycles. The van der Waals surface area contributed by atoms with E-state index in [4.69, 9.17) is 0 Å². The van der Waals surface area contributed by atoms with Gasteiger partial charge < -0.3 is 0 Å². The van der Waals surface area contributed by atoms with Crippen LogP contribution in [0.25, 0.3) is 0 Å². The van der Waals surface area contributed by atoms with Crippen LogP contribution in [0, 0.1) is 0 Å². The van der Waals surface area contributed by atoms with Gasteiger partial charge in [0.2, 0.25) is 0 Å². The van der Waals surface area contributed by atoms with Gasteiger partial charge in [-0.3, -0.25) is 0 Å². The van der Waals surface area contributed by atoms with Gasteiger partial charge in [-0.05, 0) is 23.0 Å². The maximum atomic E-state index is 12.3. The van der Waals surface area contributed by atoms with Crippen LogP contribution in [0.2, 0.25) is 0 Å². The van der Waals surface area contributed by atoms with E-state index in [2.05, 4.69) is 15.9 Å². The minimum absolute atomic E-state index is 0.495. The van der Waals surface area contributed by atoms with E-state index in [0.717, 1.165) is 12.1 Å². The van der Waals surface area contributed by atoms with E-state index in [1.807, 2.05) is 0 Å². The van der Waals surface area contributed by atoms with E-state index in [-0.39, 0.29) is 0 Å². The number of allylic oxidation sites excluding steroid dienone is 1. The predicted octanol–water partition coefficient (Wildman–Crippen LogP) is 4.16. The molecular weight excluding hydrogens is 257 g/mol. The summed E-state index contributed by atoms with van der Waals surface area (Å²) in [6, 6.07) is 5.32. The second kappa shape index (κ2) is 4.64. The van der Waals surface area contributed by atoms with E-state index >= 15 is 0 Å². The molecule has 14 heavy (non-hydrogen) atoms. The molecule has 4 heteroatoms. The fraction of sp³-hybridized carbons (Fsp3) is 0.200. The molecule has 1 aromatic rings. The Bertz CT molecular complexity index is 328. The van der Waals surface area contributed by atoms with Crippen molar-refractivity contribution in [3.05, 3.63) is 46.5 Å². The maximum Gasteiger partial charge on any atom is 0.416 e. The molecule has 0 aliphatic carbocycles. The molecule has 0 saturated heterocycles. The predicted molar refractivity (Wildman–Crippen MR) is 53.2 cm³/mol. The lowest BCUT2D eigenvalue weighted by Crippen LogP contribution is -2.04. The summed E-state index contributed by atoms with van der Waals surface area (Å²) in [5.41, 5.74) is 0.0495. The van der Waals surface area contributed by atoms with Crippen molar-refractivity contribution in [2.45, 2.75) is 12.6 Å². The van der Waals surface area contributed by atoms with Gasteiger partial charge in [-0.15, -0.1) is 0 Å². The number of benzene rings is 1. The molecule has 0 atom stereocenters. The second-order valence-electron chi connectivity index (χ2n) is 2.76. The van der Waals surface area contributed by atoms with Gasteiger partial charge in [0.1, 0.15) is 0 Å². The van der Waals surface area contributed by atoms with Gasteiger partial charge in [0.15, 0.2) is 0 Å². The Hall–Kier alpha value is -0.770. The summed E-state index contributed by atoms with van der Waals surface area (Å²) < 4.78 is 36.8. The Labute approximate surface area is 88.6 Å². The third-order valence-electron chi connectivity index (χ3n) is 1.70. The average Bonchev–Trinajstić information content (AvgIpc) is 2.14. The number of hydrogen-bond donors (Lipinski definition) is 0. The lowest BCUT2D eigenvalue weighted by molar-refractivity contribution is -0.137. The third kappa shape index (κ3) is 3.18. The van der Waals surface area contributed by atoms with Gasteiger partial charge in [0.25, 0.3) is 0 Å². The number of halogens is 4. The molecule has 0 spiro atoms. The lowest BCUT2D eigenvalue weighted by Gasteiger charge is -2.07. The Morgan fingerprint density at radius 3 is 2.57 bits per heavy atom.